The Kier molecular flexibility index (Phi) is 2.61. The average Bonchev–Trinajstić information content (AvgIpc) is 2.22. The van der Waals surface area contributed by atoms with Crippen molar-refractivity contribution in [1.82, 2.24) is 0 Å². The van der Waals surface area contributed by atoms with E-state index in [9.17, 15) is 4.79 Å². The molecule has 0 heterocycles. The zero-order valence-corrected chi connectivity index (χ0v) is 10.1. The highest BCUT2D eigenvalue weighted by Crippen LogP contribution is 2.60. The topological polar surface area (TPSA) is 37.3 Å². The van der Waals surface area contributed by atoms with E-state index in [4.69, 9.17) is 5.11 Å². The Bertz CT molecular complexity index is 343. The highest BCUT2D eigenvalue weighted by Gasteiger charge is 2.49. The van der Waals surface area contributed by atoms with Gasteiger partial charge in [0.05, 0.1) is 0 Å². The molecule has 0 spiro atoms. The van der Waals surface area contributed by atoms with Gasteiger partial charge in [0.25, 0.3) is 0 Å². The van der Waals surface area contributed by atoms with Gasteiger partial charge in [-0.15, -0.1) is 0 Å². The number of carboxylic acids is 1. The van der Waals surface area contributed by atoms with Crippen LogP contribution in [-0.2, 0) is 4.79 Å². The van der Waals surface area contributed by atoms with Crippen LogP contribution in [0, 0.1) is 23.2 Å². The van der Waals surface area contributed by atoms with Crippen LogP contribution in [0.2, 0.25) is 0 Å². The molecule has 1 N–H and O–H groups in total. The third kappa shape index (κ3) is 2.18. The highest BCUT2D eigenvalue weighted by atomic mass is 16.4. The maximum Gasteiger partial charge on any atom is 0.328 e. The largest absolute Gasteiger partial charge is 0.478 e. The van der Waals surface area contributed by atoms with Crippen LogP contribution >= 0.6 is 0 Å². The first-order valence-electron chi connectivity index (χ1n) is 6.74. The van der Waals surface area contributed by atoms with Gasteiger partial charge >= 0.3 is 5.97 Å². The fraction of sp³-hybridized carbons (Fsp3) is 0.667. The van der Waals surface area contributed by atoms with Crippen LogP contribution in [-0.4, -0.2) is 11.1 Å². The SMILES string of the molecule is O=C(O)/C=C/C=C/C12CC3CC(CC(C3)C1)C2. The summed E-state index contributed by atoms with van der Waals surface area (Å²) in [7, 11) is 0. The number of carbonyl (C=O) groups is 1. The second-order valence-electron chi connectivity index (χ2n) is 6.34. The molecule has 0 amide bonds. The van der Waals surface area contributed by atoms with Crippen LogP contribution in [0.25, 0.3) is 0 Å². The quantitative estimate of drug-likeness (QED) is 0.598. The van der Waals surface area contributed by atoms with Gasteiger partial charge < -0.3 is 5.11 Å². The third-order valence-corrected chi connectivity index (χ3v) is 4.89. The molecule has 0 saturated heterocycles. The molecular weight excluding hydrogens is 212 g/mol. The normalized spacial score (nSPS) is 43.9. The van der Waals surface area contributed by atoms with E-state index in [1.807, 2.05) is 6.08 Å². The van der Waals surface area contributed by atoms with Gasteiger partial charge in [0.1, 0.15) is 0 Å². The third-order valence-electron chi connectivity index (χ3n) is 4.89. The van der Waals surface area contributed by atoms with E-state index in [1.54, 1.807) is 6.08 Å². The summed E-state index contributed by atoms with van der Waals surface area (Å²) in [6.07, 6.45) is 15.5. The molecule has 17 heavy (non-hydrogen) atoms. The summed E-state index contributed by atoms with van der Waals surface area (Å²) >= 11 is 0. The molecule has 4 saturated carbocycles. The molecule has 0 aromatic rings. The molecule has 0 aromatic carbocycles. The van der Waals surface area contributed by atoms with Crippen LogP contribution in [0.3, 0.4) is 0 Å². The lowest BCUT2D eigenvalue weighted by Crippen LogP contribution is -2.44. The van der Waals surface area contributed by atoms with Crippen molar-refractivity contribution in [3.05, 3.63) is 24.3 Å². The second kappa shape index (κ2) is 4.01. The Hall–Kier alpha value is -1.05. The van der Waals surface area contributed by atoms with E-state index in [-0.39, 0.29) is 0 Å². The van der Waals surface area contributed by atoms with Gasteiger partial charge in [0.15, 0.2) is 0 Å². The van der Waals surface area contributed by atoms with Crippen LogP contribution in [0.15, 0.2) is 24.3 Å². The van der Waals surface area contributed by atoms with E-state index in [2.05, 4.69) is 6.08 Å². The molecule has 4 aliphatic rings. The van der Waals surface area contributed by atoms with Crippen molar-refractivity contribution in [2.45, 2.75) is 38.5 Å². The van der Waals surface area contributed by atoms with Crippen molar-refractivity contribution in [3.8, 4) is 0 Å². The minimum Gasteiger partial charge on any atom is -0.478 e. The highest BCUT2D eigenvalue weighted by molar-refractivity contribution is 5.80. The molecule has 2 nitrogen and oxygen atoms in total. The van der Waals surface area contributed by atoms with E-state index < -0.39 is 5.97 Å². The molecule has 0 aliphatic heterocycles. The number of rotatable bonds is 3. The summed E-state index contributed by atoms with van der Waals surface area (Å²) in [6.45, 7) is 0. The molecule has 4 aliphatic carbocycles. The van der Waals surface area contributed by atoms with Gasteiger partial charge in [-0.3, -0.25) is 0 Å². The Morgan fingerprint density at radius 2 is 1.53 bits per heavy atom. The fourth-order valence-corrected chi connectivity index (χ4v) is 4.78. The first-order chi connectivity index (χ1) is 8.15. The van der Waals surface area contributed by atoms with Crippen molar-refractivity contribution in [2.75, 3.05) is 0 Å². The summed E-state index contributed by atoms with van der Waals surface area (Å²) in [6, 6.07) is 0. The van der Waals surface area contributed by atoms with Gasteiger partial charge in [-0.2, -0.15) is 0 Å². The zero-order chi connectivity index (χ0) is 11.9. The Labute approximate surface area is 102 Å². The standard InChI is InChI=1S/C15H20O2/c16-14(17)3-1-2-4-15-8-11-5-12(9-15)7-13(6-11)10-15/h1-4,11-13H,5-10H2,(H,16,17)/b3-1+,4-2+. The van der Waals surface area contributed by atoms with E-state index in [1.165, 1.54) is 44.6 Å². The number of hydrogen-bond acceptors (Lipinski definition) is 1. The van der Waals surface area contributed by atoms with Crippen molar-refractivity contribution in [2.24, 2.45) is 23.2 Å². The fourth-order valence-electron chi connectivity index (χ4n) is 4.78. The van der Waals surface area contributed by atoms with E-state index in [0.29, 0.717) is 5.41 Å². The van der Waals surface area contributed by atoms with E-state index >= 15 is 0 Å². The van der Waals surface area contributed by atoms with Gasteiger partial charge in [-0.05, 0) is 61.7 Å². The molecule has 0 atom stereocenters. The van der Waals surface area contributed by atoms with Gasteiger partial charge in [0, 0.05) is 6.08 Å². The second-order valence-corrected chi connectivity index (χ2v) is 6.34. The average molecular weight is 232 g/mol. The molecule has 4 rings (SSSR count). The first-order valence-corrected chi connectivity index (χ1v) is 6.74. The number of carboxylic acid groups (broad SMARTS) is 1. The van der Waals surface area contributed by atoms with Gasteiger partial charge in [-0.25, -0.2) is 4.79 Å². The van der Waals surface area contributed by atoms with Crippen molar-refractivity contribution in [3.63, 3.8) is 0 Å². The minimum atomic E-state index is -0.861. The van der Waals surface area contributed by atoms with E-state index in [0.717, 1.165) is 17.8 Å². The molecule has 0 aromatic heterocycles. The predicted molar refractivity (Wildman–Crippen MR) is 66.5 cm³/mol. The number of aliphatic carboxylic acids is 1. The molecular formula is C15H20O2. The van der Waals surface area contributed by atoms with Crippen LogP contribution < -0.4 is 0 Å². The first kappa shape index (κ1) is 11.1. The lowest BCUT2D eigenvalue weighted by Gasteiger charge is -2.55. The predicted octanol–water partition coefficient (Wildman–Crippen LogP) is 3.40. The maximum absolute atomic E-state index is 10.4. The van der Waals surface area contributed by atoms with Crippen LogP contribution in [0.5, 0.6) is 0 Å². The molecule has 4 fully saturated rings. The Balaban J connectivity index is 1.72. The number of hydrogen-bond donors (Lipinski definition) is 1. The van der Waals surface area contributed by atoms with Gasteiger partial charge in [0.2, 0.25) is 0 Å². The van der Waals surface area contributed by atoms with Gasteiger partial charge in [-0.1, -0.05) is 18.2 Å². The Morgan fingerprint density at radius 3 is 2.00 bits per heavy atom. The number of allylic oxidation sites excluding steroid dienone is 3. The van der Waals surface area contributed by atoms with Crippen molar-refractivity contribution < 1.29 is 9.90 Å². The lowest BCUT2D eigenvalue weighted by molar-refractivity contribution is -0.131. The molecule has 0 radical (unpaired) electrons. The van der Waals surface area contributed by atoms with Crippen LogP contribution in [0.4, 0.5) is 0 Å². The summed E-state index contributed by atoms with van der Waals surface area (Å²) < 4.78 is 0. The molecule has 0 unspecified atom stereocenters. The molecule has 2 heteroatoms. The summed E-state index contributed by atoms with van der Waals surface area (Å²) in [5, 5.41) is 8.55. The minimum absolute atomic E-state index is 0.414. The van der Waals surface area contributed by atoms with Crippen LogP contribution in [0.1, 0.15) is 38.5 Å². The summed E-state index contributed by atoms with van der Waals surface area (Å²) in [5.41, 5.74) is 0.414. The zero-order valence-electron chi connectivity index (χ0n) is 10.1. The van der Waals surface area contributed by atoms with Crippen molar-refractivity contribution >= 4 is 5.97 Å². The monoisotopic (exact) mass is 232 g/mol. The molecule has 92 valence electrons. The molecule has 4 bridgehead atoms. The smallest absolute Gasteiger partial charge is 0.328 e. The maximum atomic E-state index is 10.4. The Morgan fingerprint density at radius 1 is 1.00 bits per heavy atom. The summed E-state index contributed by atoms with van der Waals surface area (Å²) in [5.74, 6) is 2.00. The lowest BCUT2D eigenvalue weighted by atomic mass is 9.49. The summed E-state index contributed by atoms with van der Waals surface area (Å²) in [4.78, 5) is 10.4. The van der Waals surface area contributed by atoms with Crippen molar-refractivity contribution in [1.29, 1.82) is 0 Å².